The van der Waals surface area contributed by atoms with Crippen molar-refractivity contribution in [1.82, 2.24) is 19.7 Å². The standard InChI is InChI=1S/C19H15ClN4O2S/c1-12-23-16-7-4-14(8-18(16)27-12)19(25)26-17(9-24-11-21-10-22-24)13-2-5-15(20)6-3-13/h2-8,10-11,17H,9H2,1H3. The van der Waals surface area contributed by atoms with Crippen LogP contribution < -0.4 is 0 Å². The zero-order valence-electron chi connectivity index (χ0n) is 14.4. The number of rotatable bonds is 5. The lowest BCUT2D eigenvalue weighted by molar-refractivity contribution is 0.0247. The fourth-order valence-electron chi connectivity index (χ4n) is 2.75. The Balaban J connectivity index is 1.60. The molecule has 2 aromatic heterocycles. The average molecular weight is 399 g/mol. The van der Waals surface area contributed by atoms with Crippen LogP contribution in [0.5, 0.6) is 0 Å². The Morgan fingerprint density at radius 2 is 2.07 bits per heavy atom. The lowest BCUT2D eigenvalue weighted by atomic mass is 10.1. The van der Waals surface area contributed by atoms with E-state index in [1.807, 2.05) is 31.2 Å². The molecule has 1 unspecified atom stereocenters. The monoisotopic (exact) mass is 398 g/mol. The van der Waals surface area contributed by atoms with Crippen molar-refractivity contribution in [2.45, 2.75) is 19.6 Å². The summed E-state index contributed by atoms with van der Waals surface area (Å²) >= 11 is 7.53. The molecule has 4 rings (SSSR count). The maximum atomic E-state index is 12.8. The number of carbonyl (C=O) groups excluding carboxylic acids is 1. The van der Waals surface area contributed by atoms with E-state index in [0.29, 0.717) is 17.1 Å². The van der Waals surface area contributed by atoms with Gasteiger partial charge in [-0.25, -0.2) is 19.4 Å². The average Bonchev–Trinajstić information content (AvgIpc) is 3.29. The molecule has 1 atom stereocenters. The molecule has 0 saturated heterocycles. The van der Waals surface area contributed by atoms with Crippen LogP contribution in [0.25, 0.3) is 10.2 Å². The fourth-order valence-corrected chi connectivity index (χ4v) is 3.74. The van der Waals surface area contributed by atoms with Gasteiger partial charge in [0, 0.05) is 5.02 Å². The molecule has 0 saturated carbocycles. The molecule has 27 heavy (non-hydrogen) atoms. The molecule has 0 spiro atoms. The molecule has 6 nitrogen and oxygen atoms in total. The predicted molar refractivity (Wildman–Crippen MR) is 104 cm³/mol. The summed E-state index contributed by atoms with van der Waals surface area (Å²) in [6, 6.07) is 12.6. The van der Waals surface area contributed by atoms with Crippen LogP contribution in [0.3, 0.4) is 0 Å². The Hall–Kier alpha value is -2.77. The third kappa shape index (κ3) is 3.99. The number of thiazole rings is 1. The maximum Gasteiger partial charge on any atom is 0.338 e. The van der Waals surface area contributed by atoms with Crippen LogP contribution in [-0.2, 0) is 11.3 Å². The molecule has 2 aromatic carbocycles. The third-order valence-corrected chi connectivity index (χ3v) is 5.23. The summed E-state index contributed by atoms with van der Waals surface area (Å²) in [5.74, 6) is -0.400. The summed E-state index contributed by atoms with van der Waals surface area (Å²) in [7, 11) is 0. The predicted octanol–water partition coefficient (Wildman–Crippen LogP) is 4.45. The molecule has 0 bridgehead atoms. The van der Waals surface area contributed by atoms with Crippen molar-refractivity contribution in [2.75, 3.05) is 0 Å². The third-order valence-electron chi connectivity index (χ3n) is 4.04. The first-order valence-electron chi connectivity index (χ1n) is 8.24. The van der Waals surface area contributed by atoms with E-state index in [2.05, 4.69) is 15.1 Å². The minimum Gasteiger partial charge on any atom is -0.452 e. The van der Waals surface area contributed by atoms with Crippen molar-refractivity contribution >= 4 is 39.1 Å². The molecule has 0 aliphatic heterocycles. The summed E-state index contributed by atoms with van der Waals surface area (Å²) in [5, 5.41) is 5.68. The van der Waals surface area contributed by atoms with Gasteiger partial charge in [0.2, 0.25) is 0 Å². The van der Waals surface area contributed by atoms with Gasteiger partial charge in [0.25, 0.3) is 0 Å². The van der Waals surface area contributed by atoms with Crippen molar-refractivity contribution < 1.29 is 9.53 Å². The minimum absolute atomic E-state index is 0.356. The Morgan fingerprint density at radius 3 is 2.81 bits per heavy atom. The minimum atomic E-state index is -0.518. The smallest absolute Gasteiger partial charge is 0.338 e. The van der Waals surface area contributed by atoms with Crippen LogP contribution in [0.15, 0.2) is 55.1 Å². The largest absolute Gasteiger partial charge is 0.452 e. The summed E-state index contributed by atoms with van der Waals surface area (Å²) in [5.41, 5.74) is 2.20. The summed E-state index contributed by atoms with van der Waals surface area (Å²) in [6.07, 6.45) is 2.51. The number of benzene rings is 2. The molecule has 0 aliphatic carbocycles. The summed E-state index contributed by atoms with van der Waals surface area (Å²) < 4.78 is 8.39. The molecule has 0 amide bonds. The van der Waals surface area contributed by atoms with Crippen LogP contribution in [-0.4, -0.2) is 25.7 Å². The van der Waals surface area contributed by atoms with Gasteiger partial charge in [-0.05, 0) is 42.8 Å². The lowest BCUT2D eigenvalue weighted by Gasteiger charge is -2.18. The second kappa shape index (κ2) is 7.46. The van der Waals surface area contributed by atoms with Gasteiger partial charge in [-0.15, -0.1) is 11.3 Å². The molecular formula is C19H15ClN4O2S. The van der Waals surface area contributed by atoms with Crippen molar-refractivity contribution in [1.29, 1.82) is 0 Å². The first-order valence-corrected chi connectivity index (χ1v) is 9.44. The Bertz CT molecular complexity index is 1080. The first kappa shape index (κ1) is 17.6. The zero-order valence-corrected chi connectivity index (χ0v) is 15.9. The fraction of sp³-hybridized carbons (Fsp3) is 0.158. The first-order chi connectivity index (χ1) is 13.1. The molecule has 0 fully saturated rings. The van der Waals surface area contributed by atoms with E-state index in [1.54, 1.807) is 40.5 Å². The molecule has 136 valence electrons. The highest BCUT2D eigenvalue weighted by Crippen LogP contribution is 2.26. The topological polar surface area (TPSA) is 69.9 Å². The number of carbonyl (C=O) groups is 1. The van der Waals surface area contributed by atoms with Gasteiger partial charge >= 0.3 is 5.97 Å². The van der Waals surface area contributed by atoms with E-state index in [4.69, 9.17) is 16.3 Å². The molecule has 0 aliphatic rings. The number of nitrogens with zero attached hydrogens (tertiary/aromatic N) is 4. The number of esters is 1. The van der Waals surface area contributed by atoms with Crippen molar-refractivity contribution in [2.24, 2.45) is 0 Å². The second-order valence-corrected chi connectivity index (χ2v) is 7.65. The Labute approximate surface area is 164 Å². The normalized spacial score (nSPS) is 12.2. The van der Waals surface area contributed by atoms with E-state index < -0.39 is 12.1 Å². The molecule has 0 N–H and O–H groups in total. The van der Waals surface area contributed by atoms with E-state index in [0.717, 1.165) is 20.8 Å². The van der Waals surface area contributed by atoms with Gasteiger partial charge in [0.1, 0.15) is 18.8 Å². The number of aryl methyl sites for hydroxylation is 1. The van der Waals surface area contributed by atoms with Crippen LogP contribution in [0.2, 0.25) is 5.02 Å². The number of halogens is 1. The second-order valence-electron chi connectivity index (χ2n) is 5.98. The highest BCUT2D eigenvalue weighted by atomic mass is 35.5. The van der Waals surface area contributed by atoms with Crippen molar-refractivity contribution in [3.05, 3.63) is 76.3 Å². The van der Waals surface area contributed by atoms with Crippen molar-refractivity contribution in [3.63, 3.8) is 0 Å². The number of aromatic nitrogens is 4. The van der Waals surface area contributed by atoms with Crippen molar-refractivity contribution in [3.8, 4) is 0 Å². The lowest BCUT2D eigenvalue weighted by Crippen LogP contribution is -2.17. The Kier molecular flexibility index (Phi) is 4.87. The molecule has 0 radical (unpaired) electrons. The molecule has 8 heteroatoms. The quantitative estimate of drug-likeness (QED) is 0.464. The highest BCUT2D eigenvalue weighted by molar-refractivity contribution is 7.18. The number of hydrogen-bond donors (Lipinski definition) is 0. The zero-order chi connectivity index (χ0) is 18.8. The van der Waals surface area contributed by atoms with E-state index in [-0.39, 0.29) is 0 Å². The van der Waals surface area contributed by atoms with Gasteiger partial charge in [-0.3, -0.25) is 0 Å². The van der Waals surface area contributed by atoms with Gasteiger partial charge in [-0.2, -0.15) is 5.10 Å². The van der Waals surface area contributed by atoms with E-state index >= 15 is 0 Å². The summed E-state index contributed by atoms with van der Waals surface area (Å²) in [6.45, 7) is 2.30. The van der Waals surface area contributed by atoms with Gasteiger partial charge < -0.3 is 4.74 Å². The van der Waals surface area contributed by atoms with E-state index in [1.165, 1.54) is 6.33 Å². The molecular weight excluding hydrogens is 384 g/mol. The highest BCUT2D eigenvalue weighted by Gasteiger charge is 2.20. The molecule has 4 aromatic rings. The van der Waals surface area contributed by atoms with Gasteiger partial charge in [0.05, 0.1) is 27.3 Å². The summed E-state index contributed by atoms with van der Waals surface area (Å²) in [4.78, 5) is 21.1. The Morgan fingerprint density at radius 1 is 1.26 bits per heavy atom. The van der Waals surface area contributed by atoms with Crippen LogP contribution in [0, 0.1) is 6.92 Å². The van der Waals surface area contributed by atoms with Gasteiger partial charge in [-0.1, -0.05) is 23.7 Å². The number of ether oxygens (including phenoxy) is 1. The van der Waals surface area contributed by atoms with Gasteiger partial charge in [0.15, 0.2) is 0 Å². The SMILES string of the molecule is Cc1nc2ccc(C(=O)OC(Cn3cncn3)c3ccc(Cl)cc3)cc2s1. The molecule has 2 heterocycles. The maximum absolute atomic E-state index is 12.8. The van der Waals surface area contributed by atoms with Crippen LogP contribution in [0.1, 0.15) is 27.0 Å². The van der Waals surface area contributed by atoms with Crippen LogP contribution in [0.4, 0.5) is 0 Å². The van der Waals surface area contributed by atoms with Crippen LogP contribution >= 0.6 is 22.9 Å². The number of fused-ring (bicyclic) bond motifs is 1. The van der Waals surface area contributed by atoms with E-state index in [9.17, 15) is 4.79 Å². The number of hydrogen-bond acceptors (Lipinski definition) is 6.